The Hall–Kier alpha value is -1.79. The maximum absolute atomic E-state index is 12.2. The molecule has 1 atom stereocenters. The van der Waals surface area contributed by atoms with Gasteiger partial charge in [0.1, 0.15) is 6.04 Å². The number of nitrogens with zero attached hydrogens (tertiary/aromatic N) is 1. The second kappa shape index (κ2) is 4.11. The number of rotatable bonds is 1. The Labute approximate surface area is 110 Å². The first kappa shape index (κ1) is 11.1. The minimum absolute atomic E-state index is 0.0422. The van der Waals surface area contributed by atoms with Crippen molar-refractivity contribution < 1.29 is 14.3 Å². The number of carbonyl (C=O) groups excluding carboxylic acids is 1. The van der Waals surface area contributed by atoms with Crippen LogP contribution in [0.3, 0.4) is 0 Å². The van der Waals surface area contributed by atoms with Gasteiger partial charge in [-0.2, -0.15) is 0 Å². The summed E-state index contributed by atoms with van der Waals surface area (Å²) in [4.78, 5) is 14.4. The van der Waals surface area contributed by atoms with E-state index < -0.39 is 0 Å². The summed E-state index contributed by atoms with van der Waals surface area (Å²) in [5.41, 5.74) is 1.84. The van der Waals surface area contributed by atoms with Crippen molar-refractivity contribution in [1.82, 2.24) is 10.2 Å². The molecule has 0 spiro atoms. The SMILES string of the molecule is O=C1Nc2cc3c(cc2C1N1CCNCC1)OCO3. The molecule has 6 heteroatoms. The van der Waals surface area contributed by atoms with Gasteiger partial charge in [0.15, 0.2) is 11.5 Å². The molecule has 3 aliphatic rings. The number of nitrogens with one attached hydrogen (secondary N) is 2. The minimum atomic E-state index is -0.202. The van der Waals surface area contributed by atoms with Crippen LogP contribution >= 0.6 is 0 Å². The van der Waals surface area contributed by atoms with Gasteiger partial charge in [-0.05, 0) is 6.07 Å². The summed E-state index contributed by atoms with van der Waals surface area (Å²) in [5.74, 6) is 1.48. The van der Waals surface area contributed by atoms with Gasteiger partial charge in [0.05, 0.1) is 5.69 Å². The average Bonchev–Trinajstić information content (AvgIpc) is 2.99. The van der Waals surface area contributed by atoms with Crippen LogP contribution in [0.15, 0.2) is 12.1 Å². The largest absolute Gasteiger partial charge is 0.454 e. The topological polar surface area (TPSA) is 62.8 Å². The highest BCUT2D eigenvalue weighted by Gasteiger charge is 2.37. The van der Waals surface area contributed by atoms with E-state index in [1.165, 1.54) is 0 Å². The maximum atomic E-state index is 12.2. The molecular weight excluding hydrogens is 246 g/mol. The van der Waals surface area contributed by atoms with Gasteiger partial charge >= 0.3 is 0 Å². The van der Waals surface area contributed by atoms with Crippen LogP contribution in [0, 0.1) is 0 Å². The van der Waals surface area contributed by atoms with E-state index in [9.17, 15) is 4.79 Å². The highest BCUT2D eigenvalue weighted by molar-refractivity contribution is 6.03. The highest BCUT2D eigenvalue weighted by atomic mass is 16.7. The number of fused-ring (bicyclic) bond motifs is 2. The van der Waals surface area contributed by atoms with Crippen molar-refractivity contribution in [2.45, 2.75) is 6.04 Å². The molecular formula is C13H15N3O3. The molecule has 1 unspecified atom stereocenters. The van der Waals surface area contributed by atoms with Gasteiger partial charge < -0.3 is 20.1 Å². The lowest BCUT2D eigenvalue weighted by Gasteiger charge is -2.31. The fraction of sp³-hybridized carbons (Fsp3) is 0.462. The Kier molecular flexibility index (Phi) is 2.39. The molecule has 0 bridgehead atoms. The Morgan fingerprint density at radius 3 is 2.68 bits per heavy atom. The zero-order valence-corrected chi connectivity index (χ0v) is 10.4. The summed E-state index contributed by atoms with van der Waals surface area (Å²) in [5, 5.41) is 6.24. The lowest BCUT2D eigenvalue weighted by Crippen LogP contribution is -2.46. The number of anilines is 1. The predicted molar refractivity (Wildman–Crippen MR) is 68.4 cm³/mol. The summed E-state index contributed by atoms with van der Waals surface area (Å²) in [6.07, 6.45) is 0. The molecule has 0 aromatic heterocycles. The molecule has 2 N–H and O–H groups in total. The number of ether oxygens (including phenoxy) is 2. The van der Waals surface area contributed by atoms with E-state index in [1.807, 2.05) is 12.1 Å². The first-order valence-electron chi connectivity index (χ1n) is 6.52. The van der Waals surface area contributed by atoms with E-state index in [2.05, 4.69) is 15.5 Å². The van der Waals surface area contributed by atoms with Crippen LogP contribution in [0.4, 0.5) is 5.69 Å². The molecule has 0 aliphatic carbocycles. The predicted octanol–water partition coefficient (Wildman–Crippen LogP) is 0.314. The number of piperazine rings is 1. The molecule has 1 amide bonds. The molecule has 19 heavy (non-hydrogen) atoms. The summed E-state index contributed by atoms with van der Waals surface area (Å²) in [6.45, 7) is 3.86. The van der Waals surface area contributed by atoms with Crippen LogP contribution in [0.1, 0.15) is 11.6 Å². The highest BCUT2D eigenvalue weighted by Crippen LogP contribution is 2.43. The quantitative estimate of drug-likeness (QED) is 0.762. The first-order valence-corrected chi connectivity index (χ1v) is 6.52. The van der Waals surface area contributed by atoms with Gasteiger partial charge in [-0.25, -0.2) is 0 Å². The van der Waals surface area contributed by atoms with E-state index >= 15 is 0 Å². The summed E-state index contributed by atoms with van der Waals surface area (Å²) in [7, 11) is 0. The lowest BCUT2D eigenvalue weighted by atomic mass is 10.1. The van der Waals surface area contributed by atoms with Crippen LogP contribution in [-0.2, 0) is 4.79 Å². The van der Waals surface area contributed by atoms with E-state index in [1.54, 1.807) is 0 Å². The third-order valence-electron chi connectivity index (χ3n) is 3.86. The van der Waals surface area contributed by atoms with E-state index in [0.29, 0.717) is 5.75 Å². The molecule has 0 radical (unpaired) electrons. The van der Waals surface area contributed by atoms with Crippen molar-refractivity contribution in [3.05, 3.63) is 17.7 Å². The smallest absolute Gasteiger partial charge is 0.246 e. The molecule has 1 aromatic rings. The molecule has 1 saturated heterocycles. The standard InChI is InChI=1S/C13H15N3O3/c17-13-12(16-3-1-14-2-4-16)8-5-10-11(19-7-18-10)6-9(8)15-13/h5-6,12,14H,1-4,7H2,(H,15,17). The van der Waals surface area contributed by atoms with E-state index in [4.69, 9.17) is 9.47 Å². The summed E-state index contributed by atoms with van der Waals surface area (Å²) in [6, 6.07) is 3.59. The van der Waals surface area contributed by atoms with Crippen molar-refractivity contribution in [2.75, 3.05) is 38.3 Å². The number of benzene rings is 1. The zero-order chi connectivity index (χ0) is 12.8. The normalized spacial score (nSPS) is 25.3. The van der Waals surface area contributed by atoms with Crippen LogP contribution < -0.4 is 20.1 Å². The molecule has 0 saturated carbocycles. The molecule has 3 aliphatic heterocycles. The fourth-order valence-corrected chi connectivity index (χ4v) is 2.94. The lowest BCUT2D eigenvalue weighted by molar-refractivity contribution is -0.121. The van der Waals surface area contributed by atoms with Crippen molar-refractivity contribution in [2.24, 2.45) is 0 Å². The van der Waals surface area contributed by atoms with Gasteiger partial charge in [0.25, 0.3) is 0 Å². The monoisotopic (exact) mass is 261 g/mol. The second-order valence-electron chi connectivity index (χ2n) is 4.97. The van der Waals surface area contributed by atoms with Gasteiger partial charge in [-0.3, -0.25) is 9.69 Å². The van der Waals surface area contributed by atoms with Crippen LogP contribution in [-0.4, -0.2) is 43.8 Å². The summed E-state index contributed by atoms with van der Waals surface area (Å²) < 4.78 is 10.7. The average molecular weight is 261 g/mol. The van der Waals surface area contributed by atoms with E-state index in [-0.39, 0.29) is 18.7 Å². The van der Waals surface area contributed by atoms with Crippen LogP contribution in [0.5, 0.6) is 11.5 Å². The molecule has 3 heterocycles. The molecule has 1 fully saturated rings. The zero-order valence-electron chi connectivity index (χ0n) is 10.4. The maximum Gasteiger partial charge on any atom is 0.246 e. The van der Waals surface area contributed by atoms with Crippen molar-refractivity contribution in [3.8, 4) is 11.5 Å². The number of hydrogen-bond acceptors (Lipinski definition) is 5. The van der Waals surface area contributed by atoms with Crippen LogP contribution in [0.2, 0.25) is 0 Å². The van der Waals surface area contributed by atoms with Crippen molar-refractivity contribution in [1.29, 1.82) is 0 Å². The molecule has 100 valence electrons. The Bertz CT molecular complexity index is 540. The van der Waals surface area contributed by atoms with Crippen molar-refractivity contribution in [3.63, 3.8) is 0 Å². The number of carbonyl (C=O) groups is 1. The molecule has 4 rings (SSSR count). The minimum Gasteiger partial charge on any atom is -0.454 e. The number of amides is 1. The van der Waals surface area contributed by atoms with Crippen molar-refractivity contribution >= 4 is 11.6 Å². The Morgan fingerprint density at radius 1 is 1.16 bits per heavy atom. The van der Waals surface area contributed by atoms with Gasteiger partial charge in [-0.1, -0.05) is 0 Å². The van der Waals surface area contributed by atoms with Crippen LogP contribution in [0.25, 0.3) is 0 Å². The third-order valence-corrected chi connectivity index (χ3v) is 3.86. The third kappa shape index (κ3) is 1.67. The second-order valence-corrected chi connectivity index (χ2v) is 4.97. The van der Waals surface area contributed by atoms with E-state index in [0.717, 1.165) is 43.2 Å². The number of hydrogen-bond donors (Lipinski definition) is 2. The van der Waals surface area contributed by atoms with Gasteiger partial charge in [0, 0.05) is 37.8 Å². The molecule has 1 aromatic carbocycles. The Balaban J connectivity index is 1.72. The summed E-state index contributed by atoms with van der Waals surface area (Å²) >= 11 is 0. The fourth-order valence-electron chi connectivity index (χ4n) is 2.94. The first-order chi connectivity index (χ1) is 9.33. The molecule has 6 nitrogen and oxygen atoms in total. The van der Waals surface area contributed by atoms with Gasteiger partial charge in [-0.15, -0.1) is 0 Å². The van der Waals surface area contributed by atoms with Gasteiger partial charge in [0.2, 0.25) is 12.7 Å². The Morgan fingerprint density at radius 2 is 1.89 bits per heavy atom.